The van der Waals surface area contributed by atoms with Crippen molar-refractivity contribution < 1.29 is 0 Å². The highest BCUT2D eigenvalue weighted by atomic mass is 15.2. The van der Waals surface area contributed by atoms with Crippen LogP contribution in [-0.4, -0.2) is 34.5 Å². The number of anilines is 3. The van der Waals surface area contributed by atoms with Crippen LogP contribution in [0.1, 0.15) is 25.5 Å². The van der Waals surface area contributed by atoms with E-state index in [0.29, 0.717) is 24.1 Å². The Morgan fingerprint density at radius 1 is 1.04 bits per heavy atom. The van der Waals surface area contributed by atoms with Gasteiger partial charge in [-0.2, -0.15) is 9.97 Å². The third kappa shape index (κ3) is 3.66. The van der Waals surface area contributed by atoms with Gasteiger partial charge in [0.15, 0.2) is 22.8 Å². The first-order valence-corrected chi connectivity index (χ1v) is 8.61. The summed E-state index contributed by atoms with van der Waals surface area (Å²) in [7, 11) is 0. The lowest BCUT2D eigenvalue weighted by Crippen LogP contribution is -2.08. The zero-order chi connectivity index (χ0) is 18.6. The average Bonchev–Trinajstić information content (AvgIpc) is 3.12. The molecule has 0 bridgehead atoms. The normalized spacial score (nSPS) is 11.1. The fraction of sp³-hybridized carbons (Fsp3) is 0.222. The molecule has 0 aliphatic carbocycles. The molecular formula is C18H19N9. The number of hydrogen-bond donors (Lipinski definition) is 2. The number of hydrogen-bond acceptors (Lipinski definition) is 8. The zero-order valence-electron chi connectivity index (χ0n) is 15.0. The predicted octanol–water partition coefficient (Wildman–Crippen LogP) is 2.95. The molecule has 0 atom stereocenters. The molecule has 0 amide bonds. The van der Waals surface area contributed by atoms with Crippen molar-refractivity contribution in [3.63, 3.8) is 0 Å². The summed E-state index contributed by atoms with van der Waals surface area (Å²) in [6.07, 6.45) is 10.2. The van der Waals surface area contributed by atoms with Gasteiger partial charge in [0, 0.05) is 37.4 Å². The molecule has 136 valence electrons. The number of pyridine rings is 1. The maximum absolute atomic E-state index is 4.63. The Balaban J connectivity index is 1.71. The number of fused-ring (bicyclic) bond motifs is 1. The van der Waals surface area contributed by atoms with Crippen molar-refractivity contribution in [1.29, 1.82) is 0 Å². The number of imidazole rings is 1. The van der Waals surface area contributed by atoms with E-state index < -0.39 is 0 Å². The molecule has 0 aromatic carbocycles. The van der Waals surface area contributed by atoms with Crippen LogP contribution in [0.3, 0.4) is 0 Å². The SMILES string of the molecule is CC(C)n1cnc2c(NCc3cccnc3)nc(Nc3cnccn3)nc21. The topological polar surface area (TPSA) is 106 Å². The van der Waals surface area contributed by atoms with E-state index in [1.807, 2.05) is 22.9 Å². The second kappa shape index (κ2) is 7.32. The summed E-state index contributed by atoms with van der Waals surface area (Å²) in [5.74, 6) is 1.65. The van der Waals surface area contributed by atoms with Crippen molar-refractivity contribution >= 4 is 28.7 Å². The predicted molar refractivity (Wildman–Crippen MR) is 103 cm³/mol. The Hall–Kier alpha value is -3.62. The molecular weight excluding hydrogens is 342 g/mol. The van der Waals surface area contributed by atoms with Gasteiger partial charge in [0.2, 0.25) is 5.95 Å². The summed E-state index contributed by atoms with van der Waals surface area (Å²) in [5, 5.41) is 6.44. The first kappa shape index (κ1) is 16.8. The van der Waals surface area contributed by atoms with Crippen molar-refractivity contribution in [2.45, 2.75) is 26.4 Å². The van der Waals surface area contributed by atoms with Gasteiger partial charge in [0.1, 0.15) is 0 Å². The van der Waals surface area contributed by atoms with Gasteiger partial charge in [0.05, 0.1) is 12.5 Å². The molecule has 0 saturated heterocycles. The van der Waals surface area contributed by atoms with E-state index in [0.717, 1.165) is 16.7 Å². The second-order valence-corrected chi connectivity index (χ2v) is 6.24. The number of rotatable bonds is 6. The van der Waals surface area contributed by atoms with Crippen LogP contribution >= 0.6 is 0 Å². The van der Waals surface area contributed by atoms with E-state index in [4.69, 9.17) is 0 Å². The highest BCUT2D eigenvalue weighted by molar-refractivity contribution is 5.84. The van der Waals surface area contributed by atoms with E-state index >= 15 is 0 Å². The van der Waals surface area contributed by atoms with Gasteiger partial charge in [-0.25, -0.2) is 9.97 Å². The minimum absolute atomic E-state index is 0.223. The molecule has 4 rings (SSSR count). The molecule has 9 heteroatoms. The van der Waals surface area contributed by atoms with Crippen LogP contribution in [0, 0.1) is 0 Å². The summed E-state index contributed by atoms with van der Waals surface area (Å²) < 4.78 is 2.01. The Kier molecular flexibility index (Phi) is 4.56. The van der Waals surface area contributed by atoms with Crippen molar-refractivity contribution in [3.05, 3.63) is 55.0 Å². The Labute approximate surface area is 156 Å². The smallest absolute Gasteiger partial charge is 0.232 e. The van der Waals surface area contributed by atoms with Crippen molar-refractivity contribution in [1.82, 2.24) is 34.5 Å². The van der Waals surface area contributed by atoms with Crippen LogP contribution in [0.15, 0.2) is 49.4 Å². The van der Waals surface area contributed by atoms with E-state index in [1.54, 1.807) is 31.1 Å². The van der Waals surface area contributed by atoms with Gasteiger partial charge in [-0.05, 0) is 25.5 Å². The van der Waals surface area contributed by atoms with E-state index in [2.05, 4.69) is 54.4 Å². The van der Waals surface area contributed by atoms with Gasteiger partial charge in [-0.3, -0.25) is 9.97 Å². The monoisotopic (exact) mass is 361 g/mol. The highest BCUT2D eigenvalue weighted by Gasteiger charge is 2.15. The Morgan fingerprint density at radius 2 is 1.93 bits per heavy atom. The fourth-order valence-corrected chi connectivity index (χ4v) is 2.64. The molecule has 0 fully saturated rings. The number of nitrogens with zero attached hydrogens (tertiary/aromatic N) is 7. The molecule has 4 aromatic rings. The van der Waals surface area contributed by atoms with Crippen LogP contribution in [0.2, 0.25) is 0 Å². The average molecular weight is 361 g/mol. The quantitative estimate of drug-likeness (QED) is 0.540. The molecule has 0 aliphatic rings. The molecule has 0 radical (unpaired) electrons. The molecule has 0 unspecified atom stereocenters. The van der Waals surface area contributed by atoms with Crippen molar-refractivity contribution in [2.24, 2.45) is 0 Å². The minimum Gasteiger partial charge on any atom is -0.364 e. The third-order valence-corrected chi connectivity index (χ3v) is 3.96. The molecule has 0 aliphatic heterocycles. The number of nitrogens with one attached hydrogen (secondary N) is 2. The summed E-state index contributed by atoms with van der Waals surface area (Å²) in [6.45, 7) is 4.75. The van der Waals surface area contributed by atoms with Crippen LogP contribution in [-0.2, 0) is 6.54 Å². The standard InChI is InChI=1S/C18H19N9/c1-12(2)27-11-23-15-16(22-9-13-4-3-5-19-8-13)25-18(26-17(15)27)24-14-10-20-6-7-21-14/h3-8,10-12H,9H2,1-2H3,(H2,21,22,24,25,26). The van der Waals surface area contributed by atoms with E-state index in [9.17, 15) is 0 Å². The lowest BCUT2D eigenvalue weighted by molar-refractivity contribution is 0.613. The van der Waals surface area contributed by atoms with Gasteiger partial charge >= 0.3 is 0 Å². The zero-order valence-corrected chi connectivity index (χ0v) is 15.0. The maximum atomic E-state index is 4.63. The van der Waals surface area contributed by atoms with Crippen LogP contribution in [0.5, 0.6) is 0 Å². The Bertz CT molecular complexity index is 1030. The first-order chi connectivity index (χ1) is 13.2. The third-order valence-electron chi connectivity index (χ3n) is 3.96. The van der Waals surface area contributed by atoms with Crippen molar-refractivity contribution in [3.8, 4) is 0 Å². The maximum Gasteiger partial charge on any atom is 0.232 e. The van der Waals surface area contributed by atoms with Gasteiger partial charge in [-0.1, -0.05) is 6.07 Å². The largest absolute Gasteiger partial charge is 0.364 e. The van der Waals surface area contributed by atoms with Gasteiger partial charge in [0.25, 0.3) is 0 Å². The van der Waals surface area contributed by atoms with Crippen LogP contribution < -0.4 is 10.6 Å². The second-order valence-electron chi connectivity index (χ2n) is 6.24. The summed E-state index contributed by atoms with van der Waals surface area (Å²) in [6, 6.07) is 4.13. The van der Waals surface area contributed by atoms with Crippen LogP contribution in [0.4, 0.5) is 17.6 Å². The van der Waals surface area contributed by atoms with E-state index in [1.165, 1.54) is 0 Å². The van der Waals surface area contributed by atoms with Crippen LogP contribution in [0.25, 0.3) is 11.2 Å². The first-order valence-electron chi connectivity index (χ1n) is 8.61. The summed E-state index contributed by atoms with van der Waals surface area (Å²) in [5.41, 5.74) is 2.52. The molecule has 2 N–H and O–H groups in total. The summed E-state index contributed by atoms with van der Waals surface area (Å²) >= 11 is 0. The van der Waals surface area contributed by atoms with E-state index in [-0.39, 0.29) is 6.04 Å². The molecule has 0 spiro atoms. The fourth-order valence-electron chi connectivity index (χ4n) is 2.64. The van der Waals surface area contributed by atoms with Gasteiger partial charge in [-0.15, -0.1) is 0 Å². The van der Waals surface area contributed by atoms with Gasteiger partial charge < -0.3 is 15.2 Å². The molecule has 27 heavy (non-hydrogen) atoms. The Morgan fingerprint density at radius 3 is 2.67 bits per heavy atom. The minimum atomic E-state index is 0.223. The molecule has 9 nitrogen and oxygen atoms in total. The number of aromatic nitrogens is 7. The van der Waals surface area contributed by atoms with Crippen molar-refractivity contribution in [2.75, 3.05) is 10.6 Å². The highest BCUT2D eigenvalue weighted by Crippen LogP contribution is 2.24. The lowest BCUT2D eigenvalue weighted by Gasteiger charge is -2.11. The molecule has 0 saturated carbocycles. The molecule has 4 heterocycles. The molecule has 4 aromatic heterocycles. The lowest BCUT2D eigenvalue weighted by atomic mass is 10.3. The summed E-state index contributed by atoms with van der Waals surface area (Å²) in [4.78, 5) is 26.1.